The van der Waals surface area contributed by atoms with Crippen LogP contribution in [0.15, 0.2) is 17.4 Å². The molecule has 0 saturated carbocycles. The standard InChI is InChI=1S/C12H15NO4/c1-7(2)10-9(16-4)6-8(12(15)17-5)13(3)11(10)14/h6H,1H2,2-5H3. The monoisotopic (exact) mass is 237 g/mol. The van der Waals surface area contributed by atoms with Crippen LogP contribution in [0.3, 0.4) is 0 Å². The number of nitrogens with zero attached hydrogens (tertiary/aromatic N) is 1. The Bertz CT molecular complexity index is 528. The first kappa shape index (κ1) is 13.0. The van der Waals surface area contributed by atoms with Crippen LogP contribution in [0.25, 0.3) is 5.57 Å². The number of ether oxygens (including phenoxy) is 2. The molecular formula is C12H15NO4. The fraction of sp³-hybridized carbons (Fsp3) is 0.333. The van der Waals surface area contributed by atoms with E-state index in [0.717, 1.165) is 0 Å². The van der Waals surface area contributed by atoms with Crippen LogP contribution < -0.4 is 10.3 Å². The summed E-state index contributed by atoms with van der Waals surface area (Å²) in [6.07, 6.45) is 0. The molecule has 0 aliphatic rings. The lowest BCUT2D eigenvalue weighted by Crippen LogP contribution is -2.26. The number of carbonyl (C=O) groups is 1. The molecule has 0 spiro atoms. The second kappa shape index (κ2) is 4.86. The van der Waals surface area contributed by atoms with Crippen molar-refractivity contribution in [1.29, 1.82) is 0 Å². The average molecular weight is 237 g/mol. The van der Waals surface area contributed by atoms with E-state index >= 15 is 0 Å². The molecule has 0 aliphatic heterocycles. The van der Waals surface area contributed by atoms with Gasteiger partial charge in [-0.1, -0.05) is 6.58 Å². The van der Waals surface area contributed by atoms with Crippen LogP contribution in [-0.4, -0.2) is 24.8 Å². The zero-order valence-corrected chi connectivity index (χ0v) is 10.4. The lowest BCUT2D eigenvalue weighted by atomic mass is 10.1. The lowest BCUT2D eigenvalue weighted by Gasteiger charge is -2.13. The predicted molar refractivity (Wildman–Crippen MR) is 64.3 cm³/mol. The van der Waals surface area contributed by atoms with E-state index in [4.69, 9.17) is 4.74 Å². The molecular weight excluding hydrogens is 222 g/mol. The summed E-state index contributed by atoms with van der Waals surface area (Å²) in [4.78, 5) is 23.5. The first-order valence-corrected chi connectivity index (χ1v) is 4.96. The maximum Gasteiger partial charge on any atom is 0.354 e. The molecule has 92 valence electrons. The van der Waals surface area contributed by atoms with Crippen LogP contribution in [0, 0.1) is 0 Å². The summed E-state index contributed by atoms with van der Waals surface area (Å²) in [7, 11) is 4.19. The number of hydrogen-bond acceptors (Lipinski definition) is 4. The third-order valence-corrected chi connectivity index (χ3v) is 2.44. The molecule has 5 nitrogen and oxygen atoms in total. The second-order valence-electron chi connectivity index (χ2n) is 3.61. The van der Waals surface area contributed by atoms with Crippen molar-refractivity contribution in [3.8, 4) is 5.75 Å². The first-order chi connectivity index (χ1) is 7.93. The fourth-order valence-electron chi connectivity index (χ4n) is 1.53. The highest BCUT2D eigenvalue weighted by atomic mass is 16.5. The Hall–Kier alpha value is -2.04. The van der Waals surface area contributed by atoms with E-state index in [0.29, 0.717) is 16.9 Å². The third kappa shape index (κ3) is 2.22. The van der Waals surface area contributed by atoms with E-state index in [1.165, 1.54) is 31.9 Å². The topological polar surface area (TPSA) is 57.5 Å². The van der Waals surface area contributed by atoms with Crippen molar-refractivity contribution < 1.29 is 14.3 Å². The van der Waals surface area contributed by atoms with Crippen LogP contribution in [0.2, 0.25) is 0 Å². The van der Waals surface area contributed by atoms with Crippen molar-refractivity contribution >= 4 is 11.5 Å². The second-order valence-corrected chi connectivity index (χ2v) is 3.61. The van der Waals surface area contributed by atoms with Gasteiger partial charge < -0.3 is 14.0 Å². The highest BCUT2D eigenvalue weighted by molar-refractivity contribution is 5.88. The van der Waals surface area contributed by atoms with Crippen molar-refractivity contribution in [2.24, 2.45) is 7.05 Å². The first-order valence-electron chi connectivity index (χ1n) is 4.96. The molecule has 1 rings (SSSR count). The molecule has 0 unspecified atom stereocenters. The maximum atomic E-state index is 12.0. The average Bonchev–Trinajstić information content (AvgIpc) is 2.30. The Kier molecular flexibility index (Phi) is 3.73. The molecule has 0 N–H and O–H groups in total. The highest BCUT2D eigenvalue weighted by Crippen LogP contribution is 2.22. The van der Waals surface area contributed by atoms with Crippen molar-refractivity contribution in [2.75, 3.05) is 14.2 Å². The Morgan fingerprint density at radius 1 is 1.41 bits per heavy atom. The maximum absolute atomic E-state index is 12.0. The number of carbonyl (C=O) groups excluding carboxylic acids is 1. The van der Waals surface area contributed by atoms with Gasteiger partial charge in [-0.3, -0.25) is 4.79 Å². The van der Waals surface area contributed by atoms with E-state index < -0.39 is 5.97 Å². The smallest absolute Gasteiger partial charge is 0.354 e. The van der Waals surface area contributed by atoms with Crippen molar-refractivity contribution in [3.05, 3.63) is 34.3 Å². The van der Waals surface area contributed by atoms with Gasteiger partial charge >= 0.3 is 5.97 Å². The zero-order chi connectivity index (χ0) is 13.2. The third-order valence-electron chi connectivity index (χ3n) is 2.44. The molecule has 0 bridgehead atoms. The number of allylic oxidation sites excluding steroid dienone is 1. The minimum atomic E-state index is -0.587. The Morgan fingerprint density at radius 2 is 2.00 bits per heavy atom. The predicted octanol–water partition coefficient (Wildman–Crippen LogP) is 1.21. The van der Waals surface area contributed by atoms with E-state index in [9.17, 15) is 9.59 Å². The van der Waals surface area contributed by atoms with Gasteiger partial charge in [-0.2, -0.15) is 0 Å². The summed E-state index contributed by atoms with van der Waals surface area (Å²) in [5.41, 5.74) is 0.748. The molecule has 0 fully saturated rings. The molecule has 5 heteroatoms. The van der Waals surface area contributed by atoms with E-state index in [1.54, 1.807) is 6.92 Å². The van der Waals surface area contributed by atoms with Crippen LogP contribution in [0.1, 0.15) is 23.0 Å². The minimum absolute atomic E-state index is 0.138. The molecule has 0 saturated heterocycles. The summed E-state index contributed by atoms with van der Waals surface area (Å²) >= 11 is 0. The number of rotatable bonds is 3. The van der Waals surface area contributed by atoms with Gasteiger partial charge in [-0.15, -0.1) is 0 Å². The number of aromatic nitrogens is 1. The molecule has 0 aliphatic carbocycles. The van der Waals surface area contributed by atoms with Gasteiger partial charge in [0.05, 0.1) is 19.8 Å². The van der Waals surface area contributed by atoms with Gasteiger partial charge in [0.25, 0.3) is 5.56 Å². The van der Waals surface area contributed by atoms with Gasteiger partial charge in [0.15, 0.2) is 0 Å². The van der Waals surface area contributed by atoms with E-state index in [1.807, 2.05) is 0 Å². The lowest BCUT2D eigenvalue weighted by molar-refractivity contribution is 0.0587. The molecule has 0 radical (unpaired) electrons. The summed E-state index contributed by atoms with van der Waals surface area (Å²) in [6.45, 7) is 5.43. The van der Waals surface area contributed by atoms with Gasteiger partial charge in [-0.05, 0) is 12.5 Å². The van der Waals surface area contributed by atoms with Crippen LogP contribution >= 0.6 is 0 Å². The molecule has 1 aromatic heterocycles. The van der Waals surface area contributed by atoms with Gasteiger partial charge in [-0.25, -0.2) is 4.79 Å². The quantitative estimate of drug-likeness (QED) is 0.741. The van der Waals surface area contributed by atoms with Gasteiger partial charge in [0.1, 0.15) is 11.4 Å². The molecule has 17 heavy (non-hydrogen) atoms. The zero-order valence-electron chi connectivity index (χ0n) is 10.4. The van der Waals surface area contributed by atoms with E-state index in [2.05, 4.69) is 11.3 Å². The number of pyridine rings is 1. The van der Waals surface area contributed by atoms with Crippen LogP contribution in [0.5, 0.6) is 5.75 Å². The van der Waals surface area contributed by atoms with Crippen molar-refractivity contribution in [1.82, 2.24) is 4.57 Å². The molecule has 0 amide bonds. The number of esters is 1. The van der Waals surface area contributed by atoms with Gasteiger partial charge in [0.2, 0.25) is 0 Å². The number of hydrogen-bond donors (Lipinski definition) is 0. The Labute approximate surface area is 99.3 Å². The largest absolute Gasteiger partial charge is 0.496 e. The van der Waals surface area contributed by atoms with Crippen molar-refractivity contribution in [2.45, 2.75) is 6.92 Å². The van der Waals surface area contributed by atoms with Crippen LogP contribution in [0.4, 0.5) is 0 Å². The molecule has 1 heterocycles. The molecule has 0 atom stereocenters. The summed E-state index contributed by atoms with van der Waals surface area (Å²) in [5.74, 6) is -0.267. The SMILES string of the molecule is C=C(C)c1c(OC)cc(C(=O)OC)n(C)c1=O. The Balaban J connectivity index is 3.62. The fourth-order valence-corrected chi connectivity index (χ4v) is 1.53. The Morgan fingerprint density at radius 3 is 2.41 bits per heavy atom. The van der Waals surface area contributed by atoms with Crippen LogP contribution in [-0.2, 0) is 11.8 Å². The number of methoxy groups -OCH3 is 2. The highest BCUT2D eigenvalue weighted by Gasteiger charge is 2.18. The summed E-state index contributed by atoms with van der Waals surface area (Å²) in [5, 5.41) is 0. The molecule has 0 aromatic carbocycles. The normalized spacial score (nSPS) is 9.88. The minimum Gasteiger partial charge on any atom is -0.496 e. The van der Waals surface area contributed by atoms with E-state index in [-0.39, 0.29) is 11.3 Å². The molecule has 1 aromatic rings. The summed E-state index contributed by atoms with van der Waals surface area (Å²) < 4.78 is 10.9. The van der Waals surface area contributed by atoms with Gasteiger partial charge in [0, 0.05) is 13.1 Å². The van der Waals surface area contributed by atoms with Crippen molar-refractivity contribution in [3.63, 3.8) is 0 Å². The summed E-state index contributed by atoms with van der Waals surface area (Å²) in [6, 6.07) is 1.47.